The second kappa shape index (κ2) is 4.88. The second-order valence-electron chi connectivity index (χ2n) is 4.91. The fourth-order valence-corrected chi connectivity index (χ4v) is 1.98. The highest BCUT2D eigenvalue weighted by atomic mass is 16.5. The molecule has 4 heteroatoms. The number of rotatable bonds is 4. The van der Waals surface area contributed by atoms with Crippen LogP contribution < -0.4 is 10.5 Å². The van der Waals surface area contributed by atoms with Crippen molar-refractivity contribution >= 4 is 11.7 Å². The highest BCUT2D eigenvalue weighted by molar-refractivity contribution is 5.93. The van der Waals surface area contributed by atoms with Gasteiger partial charge in [-0.15, -0.1) is 0 Å². The lowest BCUT2D eigenvalue weighted by Gasteiger charge is -2.16. The Morgan fingerprint density at radius 3 is 2.56 bits per heavy atom. The van der Waals surface area contributed by atoms with Crippen molar-refractivity contribution in [2.45, 2.75) is 38.7 Å². The van der Waals surface area contributed by atoms with Crippen LogP contribution >= 0.6 is 0 Å². The Labute approximate surface area is 107 Å². The molecule has 0 bridgehead atoms. The predicted molar refractivity (Wildman–Crippen MR) is 69.9 cm³/mol. The summed E-state index contributed by atoms with van der Waals surface area (Å²) in [7, 11) is 1.37. The lowest BCUT2D eigenvalue weighted by molar-refractivity contribution is 0.0594. The van der Waals surface area contributed by atoms with E-state index in [1.807, 2.05) is 19.9 Å². The summed E-state index contributed by atoms with van der Waals surface area (Å²) < 4.78 is 10.4. The van der Waals surface area contributed by atoms with Crippen LogP contribution in [0.15, 0.2) is 12.1 Å². The Morgan fingerprint density at radius 1 is 1.39 bits per heavy atom. The molecule has 1 aliphatic rings. The van der Waals surface area contributed by atoms with Gasteiger partial charge in [0.1, 0.15) is 11.3 Å². The zero-order chi connectivity index (χ0) is 13.3. The topological polar surface area (TPSA) is 61.5 Å². The standard InChI is InChI=1S/C14H19NO3/c1-8(2)18-13-7-12(15)10(9-4-5-9)6-11(13)14(16)17-3/h6-9H,4-5,15H2,1-3H3. The van der Waals surface area contributed by atoms with Crippen molar-refractivity contribution in [3.05, 3.63) is 23.3 Å². The molecular weight excluding hydrogens is 230 g/mol. The molecule has 0 saturated heterocycles. The van der Waals surface area contributed by atoms with Crippen LogP contribution in [0.25, 0.3) is 0 Å². The van der Waals surface area contributed by atoms with E-state index < -0.39 is 0 Å². The minimum absolute atomic E-state index is 0.0143. The van der Waals surface area contributed by atoms with E-state index in [0.29, 0.717) is 22.9 Å². The summed E-state index contributed by atoms with van der Waals surface area (Å²) in [5.41, 5.74) is 8.21. The smallest absolute Gasteiger partial charge is 0.341 e. The number of methoxy groups -OCH3 is 1. The van der Waals surface area contributed by atoms with Crippen LogP contribution in [0.4, 0.5) is 5.69 Å². The largest absolute Gasteiger partial charge is 0.490 e. The quantitative estimate of drug-likeness (QED) is 0.658. The van der Waals surface area contributed by atoms with Gasteiger partial charge in [0.15, 0.2) is 0 Å². The van der Waals surface area contributed by atoms with E-state index in [9.17, 15) is 4.79 Å². The highest BCUT2D eigenvalue weighted by Crippen LogP contribution is 2.44. The summed E-state index contributed by atoms with van der Waals surface area (Å²) in [5.74, 6) is 0.604. The van der Waals surface area contributed by atoms with Crippen LogP contribution in [0.1, 0.15) is 48.5 Å². The van der Waals surface area contributed by atoms with E-state index in [4.69, 9.17) is 15.2 Å². The molecule has 0 amide bonds. The molecule has 1 saturated carbocycles. The third-order valence-corrected chi connectivity index (χ3v) is 2.97. The van der Waals surface area contributed by atoms with Crippen LogP contribution in [-0.4, -0.2) is 19.2 Å². The third kappa shape index (κ3) is 2.58. The van der Waals surface area contributed by atoms with Crippen LogP contribution in [0.3, 0.4) is 0 Å². The zero-order valence-corrected chi connectivity index (χ0v) is 11.0. The summed E-state index contributed by atoms with van der Waals surface area (Å²) in [6, 6.07) is 3.55. The number of hydrogen-bond acceptors (Lipinski definition) is 4. The molecule has 0 atom stereocenters. The number of benzene rings is 1. The van der Waals surface area contributed by atoms with Crippen molar-refractivity contribution in [1.82, 2.24) is 0 Å². The zero-order valence-electron chi connectivity index (χ0n) is 11.0. The highest BCUT2D eigenvalue weighted by Gasteiger charge is 2.28. The van der Waals surface area contributed by atoms with Crippen molar-refractivity contribution < 1.29 is 14.3 Å². The Morgan fingerprint density at radius 2 is 2.06 bits per heavy atom. The lowest BCUT2D eigenvalue weighted by atomic mass is 10.0. The van der Waals surface area contributed by atoms with Gasteiger partial charge >= 0.3 is 5.97 Å². The molecule has 0 aliphatic heterocycles. The number of carbonyl (C=O) groups excluding carboxylic acids is 1. The summed E-state index contributed by atoms with van der Waals surface area (Å²) >= 11 is 0. The van der Waals surface area contributed by atoms with Gasteiger partial charge in [0.2, 0.25) is 0 Å². The van der Waals surface area contributed by atoms with E-state index in [-0.39, 0.29) is 12.1 Å². The molecule has 2 rings (SSSR count). The molecule has 0 aromatic heterocycles. The fraction of sp³-hybridized carbons (Fsp3) is 0.500. The first-order valence-electron chi connectivity index (χ1n) is 6.21. The Balaban J connectivity index is 2.43. The first kappa shape index (κ1) is 12.7. The van der Waals surface area contributed by atoms with E-state index in [0.717, 1.165) is 18.4 Å². The maximum atomic E-state index is 11.8. The molecule has 0 spiro atoms. The van der Waals surface area contributed by atoms with Gasteiger partial charge in [-0.2, -0.15) is 0 Å². The van der Waals surface area contributed by atoms with Crippen LogP contribution in [0.5, 0.6) is 5.75 Å². The Hall–Kier alpha value is -1.71. The maximum Gasteiger partial charge on any atom is 0.341 e. The molecule has 2 N–H and O–H groups in total. The summed E-state index contributed by atoms with van der Waals surface area (Å²) in [6.07, 6.45) is 2.25. The predicted octanol–water partition coefficient (Wildman–Crippen LogP) is 2.72. The van der Waals surface area contributed by atoms with Crippen molar-refractivity contribution in [2.75, 3.05) is 12.8 Å². The van der Waals surface area contributed by atoms with Crippen molar-refractivity contribution in [3.63, 3.8) is 0 Å². The van der Waals surface area contributed by atoms with Crippen LogP contribution in [0, 0.1) is 0 Å². The van der Waals surface area contributed by atoms with E-state index in [2.05, 4.69) is 0 Å². The number of ether oxygens (including phenoxy) is 2. The average molecular weight is 249 g/mol. The van der Waals surface area contributed by atoms with Gasteiger partial charge < -0.3 is 15.2 Å². The number of hydrogen-bond donors (Lipinski definition) is 1. The van der Waals surface area contributed by atoms with Gasteiger partial charge in [-0.25, -0.2) is 4.79 Å². The minimum atomic E-state index is -0.382. The second-order valence-corrected chi connectivity index (χ2v) is 4.91. The molecule has 1 aromatic rings. The maximum absolute atomic E-state index is 11.8. The molecule has 0 radical (unpaired) electrons. The van der Waals surface area contributed by atoms with E-state index in [1.54, 1.807) is 6.07 Å². The molecule has 0 unspecified atom stereocenters. The molecule has 18 heavy (non-hydrogen) atoms. The van der Waals surface area contributed by atoms with Crippen LogP contribution in [-0.2, 0) is 4.74 Å². The van der Waals surface area contributed by atoms with Gasteiger partial charge in [0, 0.05) is 11.8 Å². The number of anilines is 1. The van der Waals surface area contributed by atoms with Crippen molar-refractivity contribution in [3.8, 4) is 5.75 Å². The lowest BCUT2D eigenvalue weighted by Crippen LogP contribution is -2.12. The van der Waals surface area contributed by atoms with Gasteiger partial charge in [-0.3, -0.25) is 0 Å². The summed E-state index contributed by atoms with van der Waals surface area (Å²) in [5, 5.41) is 0. The summed E-state index contributed by atoms with van der Waals surface area (Å²) in [4.78, 5) is 11.8. The normalized spacial score (nSPS) is 14.7. The van der Waals surface area contributed by atoms with Gasteiger partial charge in [-0.1, -0.05) is 0 Å². The van der Waals surface area contributed by atoms with Gasteiger partial charge in [0.05, 0.1) is 13.2 Å². The van der Waals surface area contributed by atoms with Crippen LogP contribution in [0.2, 0.25) is 0 Å². The number of carbonyl (C=O) groups is 1. The average Bonchev–Trinajstić information content (AvgIpc) is 3.11. The molecule has 1 fully saturated rings. The minimum Gasteiger partial charge on any atom is -0.490 e. The first-order valence-corrected chi connectivity index (χ1v) is 6.21. The monoisotopic (exact) mass is 249 g/mol. The first-order chi connectivity index (χ1) is 8.52. The molecule has 4 nitrogen and oxygen atoms in total. The molecule has 98 valence electrons. The van der Waals surface area contributed by atoms with E-state index >= 15 is 0 Å². The molecular formula is C14H19NO3. The fourth-order valence-electron chi connectivity index (χ4n) is 1.98. The number of esters is 1. The molecule has 1 aliphatic carbocycles. The van der Waals surface area contributed by atoms with Gasteiger partial charge in [-0.05, 0) is 44.2 Å². The summed E-state index contributed by atoms with van der Waals surface area (Å²) in [6.45, 7) is 3.82. The third-order valence-electron chi connectivity index (χ3n) is 2.97. The van der Waals surface area contributed by atoms with E-state index in [1.165, 1.54) is 7.11 Å². The van der Waals surface area contributed by atoms with Crippen molar-refractivity contribution in [2.24, 2.45) is 0 Å². The number of nitrogen functional groups attached to an aromatic ring is 1. The SMILES string of the molecule is COC(=O)c1cc(C2CC2)c(N)cc1OC(C)C. The van der Waals surface area contributed by atoms with Crippen molar-refractivity contribution in [1.29, 1.82) is 0 Å². The number of nitrogens with two attached hydrogens (primary N) is 1. The molecule has 0 heterocycles. The molecule has 1 aromatic carbocycles. The Bertz CT molecular complexity index is 464. The van der Waals surface area contributed by atoms with Gasteiger partial charge in [0.25, 0.3) is 0 Å². The Kier molecular flexibility index (Phi) is 3.45.